The van der Waals surface area contributed by atoms with Crippen LogP contribution in [-0.4, -0.2) is 53.7 Å². The van der Waals surface area contributed by atoms with E-state index in [2.05, 4.69) is 45.1 Å². The van der Waals surface area contributed by atoms with E-state index in [0.717, 1.165) is 51.8 Å². The van der Waals surface area contributed by atoms with Crippen molar-refractivity contribution in [1.82, 2.24) is 26.1 Å². The molecule has 1 aliphatic rings. The van der Waals surface area contributed by atoms with Gasteiger partial charge < -0.3 is 34.7 Å². The number of carbonyl (C=O) groups is 3. The number of amides is 3. The Morgan fingerprint density at radius 2 is 1.21 bits per heavy atom. The number of nitrogens with zero attached hydrogens (tertiary/aromatic N) is 2. The van der Waals surface area contributed by atoms with Gasteiger partial charge in [-0.25, -0.2) is 9.59 Å². The Kier molecular flexibility index (Phi) is 13.8. The van der Waals surface area contributed by atoms with Crippen molar-refractivity contribution in [1.29, 1.82) is 0 Å². The van der Waals surface area contributed by atoms with Crippen LogP contribution < -0.4 is 16.0 Å². The zero-order valence-corrected chi connectivity index (χ0v) is 35.5. The SMILES string of the molecule is CCCCOC[C@H](NC(=O)OC(C)(C)C)c1noc([C@H](CC(=O)NC(c2ccccc2)(c2ccccc2)c2ccccc2)NC(=O)OCC2c3ccccc3-c3ccccc32)n1. The number of ether oxygens (including phenoxy) is 3. The number of fused-ring (bicyclic) bond motifs is 3. The predicted octanol–water partition coefficient (Wildman–Crippen LogP) is 9.53. The van der Waals surface area contributed by atoms with E-state index < -0.39 is 41.3 Å². The highest BCUT2D eigenvalue weighted by Crippen LogP contribution is 2.44. The van der Waals surface area contributed by atoms with E-state index >= 15 is 0 Å². The first-order valence-electron chi connectivity index (χ1n) is 21.1. The van der Waals surface area contributed by atoms with Gasteiger partial charge in [0.05, 0.1) is 13.0 Å². The molecule has 0 saturated carbocycles. The molecule has 62 heavy (non-hydrogen) atoms. The largest absolute Gasteiger partial charge is 0.449 e. The van der Waals surface area contributed by atoms with Gasteiger partial charge in [-0.3, -0.25) is 4.79 Å². The van der Waals surface area contributed by atoms with Crippen molar-refractivity contribution in [2.24, 2.45) is 0 Å². The Bertz CT molecular complexity index is 2270. The first-order chi connectivity index (χ1) is 30.1. The fraction of sp³-hybridized carbons (Fsp3) is 0.300. The first kappa shape index (κ1) is 43.3. The third-order valence-electron chi connectivity index (χ3n) is 10.7. The van der Waals surface area contributed by atoms with E-state index in [1.807, 2.05) is 127 Å². The summed E-state index contributed by atoms with van der Waals surface area (Å²) >= 11 is 0. The van der Waals surface area contributed by atoms with Crippen LogP contribution in [0.5, 0.6) is 0 Å². The lowest BCUT2D eigenvalue weighted by atomic mass is 9.77. The number of alkyl carbamates (subject to hydrolysis) is 2. The highest BCUT2D eigenvalue weighted by atomic mass is 16.6. The Hall–Kier alpha value is -6.79. The van der Waals surface area contributed by atoms with Gasteiger partial charge in [0, 0.05) is 12.5 Å². The smallest absolute Gasteiger partial charge is 0.408 e. The second kappa shape index (κ2) is 19.7. The van der Waals surface area contributed by atoms with E-state index in [1.54, 1.807) is 20.8 Å². The van der Waals surface area contributed by atoms with Gasteiger partial charge in [0.2, 0.25) is 11.8 Å². The first-order valence-corrected chi connectivity index (χ1v) is 21.1. The predicted molar refractivity (Wildman–Crippen MR) is 235 cm³/mol. The van der Waals surface area contributed by atoms with E-state index in [9.17, 15) is 14.4 Å². The summed E-state index contributed by atoms with van der Waals surface area (Å²) in [5.41, 5.74) is 4.88. The van der Waals surface area contributed by atoms with Gasteiger partial charge in [-0.15, -0.1) is 0 Å². The van der Waals surface area contributed by atoms with Crippen molar-refractivity contribution in [3.8, 4) is 11.1 Å². The van der Waals surface area contributed by atoms with Crippen molar-refractivity contribution < 1.29 is 33.1 Å². The molecule has 0 radical (unpaired) electrons. The summed E-state index contributed by atoms with van der Waals surface area (Å²) in [7, 11) is 0. The molecule has 1 aromatic heterocycles. The molecule has 1 heterocycles. The lowest BCUT2D eigenvalue weighted by Gasteiger charge is -2.37. The van der Waals surface area contributed by atoms with Crippen LogP contribution >= 0.6 is 0 Å². The van der Waals surface area contributed by atoms with Crippen molar-refractivity contribution >= 4 is 18.1 Å². The van der Waals surface area contributed by atoms with Gasteiger partial charge >= 0.3 is 12.2 Å². The summed E-state index contributed by atoms with van der Waals surface area (Å²) < 4.78 is 23.2. The number of hydrogen-bond acceptors (Lipinski definition) is 9. The third kappa shape index (κ3) is 10.2. The van der Waals surface area contributed by atoms with Gasteiger partial charge in [-0.05, 0) is 66.1 Å². The number of nitrogens with one attached hydrogen (secondary N) is 3. The molecule has 0 spiro atoms. The topological polar surface area (TPSA) is 154 Å². The van der Waals surface area contributed by atoms with E-state index in [0.29, 0.717) is 6.61 Å². The minimum Gasteiger partial charge on any atom is -0.449 e. The maximum atomic E-state index is 14.7. The minimum atomic E-state index is -1.16. The lowest BCUT2D eigenvalue weighted by Crippen LogP contribution is -2.48. The summed E-state index contributed by atoms with van der Waals surface area (Å²) in [5, 5.41) is 13.2. The fourth-order valence-corrected chi connectivity index (χ4v) is 7.82. The van der Waals surface area contributed by atoms with Crippen LogP contribution in [0.15, 0.2) is 144 Å². The third-order valence-corrected chi connectivity index (χ3v) is 10.7. The summed E-state index contributed by atoms with van der Waals surface area (Å²) in [5.74, 6) is -0.621. The van der Waals surface area contributed by atoms with Crippen LogP contribution in [0.2, 0.25) is 0 Å². The van der Waals surface area contributed by atoms with Gasteiger partial charge in [0.25, 0.3) is 0 Å². The molecule has 3 N–H and O–H groups in total. The molecule has 0 saturated heterocycles. The molecule has 0 unspecified atom stereocenters. The van der Waals surface area contributed by atoms with Crippen LogP contribution in [0.4, 0.5) is 9.59 Å². The number of unbranched alkanes of at least 4 members (excludes halogenated alkanes) is 1. The average molecular weight is 836 g/mol. The van der Waals surface area contributed by atoms with Crippen LogP contribution in [0, 0.1) is 0 Å². The highest BCUT2D eigenvalue weighted by Gasteiger charge is 2.39. The van der Waals surface area contributed by atoms with Crippen LogP contribution in [0.3, 0.4) is 0 Å². The summed E-state index contributed by atoms with van der Waals surface area (Å²) in [6.45, 7) is 7.86. The quantitative estimate of drug-likeness (QED) is 0.0602. The lowest BCUT2D eigenvalue weighted by molar-refractivity contribution is -0.123. The van der Waals surface area contributed by atoms with Gasteiger partial charge in [0.1, 0.15) is 29.8 Å². The maximum absolute atomic E-state index is 14.7. The molecule has 12 heteroatoms. The van der Waals surface area contributed by atoms with Crippen LogP contribution in [-0.2, 0) is 24.5 Å². The zero-order valence-electron chi connectivity index (χ0n) is 35.5. The van der Waals surface area contributed by atoms with Crippen LogP contribution in [0.1, 0.15) is 104 Å². The van der Waals surface area contributed by atoms with Crippen molar-refractivity contribution in [3.63, 3.8) is 0 Å². The number of aromatic nitrogens is 2. The monoisotopic (exact) mass is 835 g/mol. The number of carbonyl (C=O) groups excluding carboxylic acids is 3. The number of rotatable bonds is 17. The molecule has 5 aromatic carbocycles. The average Bonchev–Trinajstić information content (AvgIpc) is 3.90. The Morgan fingerprint density at radius 3 is 1.74 bits per heavy atom. The Labute approximate surface area is 362 Å². The van der Waals surface area contributed by atoms with E-state index in [4.69, 9.17) is 18.7 Å². The molecule has 1 aliphatic carbocycles. The number of benzene rings is 5. The molecule has 6 aromatic rings. The van der Waals surface area contributed by atoms with Gasteiger partial charge in [0.15, 0.2) is 5.82 Å². The molecule has 12 nitrogen and oxygen atoms in total. The fourth-order valence-electron chi connectivity index (χ4n) is 7.82. The second-order valence-corrected chi connectivity index (χ2v) is 16.2. The molecular weight excluding hydrogens is 783 g/mol. The van der Waals surface area contributed by atoms with Gasteiger partial charge in [-0.1, -0.05) is 158 Å². The van der Waals surface area contributed by atoms with Crippen LogP contribution in [0.25, 0.3) is 11.1 Å². The molecular formula is C50H53N5O7. The maximum Gasteiger partial charge on any atom is 0.408 e. The molecule has 320 valence electrons. The van der Waals surface area contributed by atoms with Crippen molar-refractivity contribution in [3.05, 3.63) is 179 Å². The summed E-state index contributed by atoms with van der Waals surface area (Å²) in [4.78, 5) is 46.3. The van der Waals surface area contributed by atoms with E-state index in [-0.39, 0.29) is 37.3 Å². The van der Waals surface area contributed by atoms with Gasteiger partial charge in [-0.2, -0.15) is 4.98 Å². The molecule has 7 rings (SSSR count). The molecule has 2 atom stereocenters. The molecule has 0 aliphatic heterocycles. The highest BCUT2D eigenvalue weighted by molar-refractivity contribution is 5.81. The second-order valence-electron chi connectivity index (χ2n) is 16.2. The van der Waals surface area contributed by atoms with E-state index in [1.165, 1.54) is 0 Å². The zero-order chi connectivity index (χ0) is 43.5. The molecule has 3 amide bonds. The summed E-state index contributed by atoms with van der Waals surface area (Å²) in [6.07, 6.45) is -0.0658. The minimum absolute atomic E-state index is 0.0247. The standard InChI is InChI=1S/C50H53N5O7/c1-5-6-30-59-33-43(52-48(58)61-49(2,3)4)45-53-46(62-55-45)42(51-47(57)60-32-41-39-28-18-16-26-37(39)38-27-17-19-29-40(38)41)31-44(56)54-50(34-20-10-7-11-21-34,35-22-12-8-13-23-35)36-24-14-9-15-25-36/h7-29,41-43H,5-6,30-33H2,1-4H3,(H,51,57)(H,52,58)(H,54,56)/t42-,43-/m0/s1. The van der Waals surface area contributed by atoms with Crippen molar-refractivity contribution in [2.75, 3.05) is 19.8 Å². The normalized spacial score (nSPS) is 13.3. The number of hydrogen-bond donors (Lipinski definition) is 3. The Morgan fingerprint density at radius 1 is 0.694 bits per heavy atom. The summed E-state index contributed by atoms with van der Waals surface area (Å²) in [6, 6.07) is 43.3. The molecule has 0 bridgehead atoms. The van der Waals surface area contributed by atoms with Crippen molar-refractivity contribution in [2.45, 2.75) is 76.1 Å². The Balaban J connectivity index is 1.20. The molecule has 0 fully saturated rings.